The van der Waals surface area contributed by atoms with Crippen molar-refractivity contribution in [3.05, 3.63) is 28.4 Å². The number of aromatic carboxylic acids is 1. The van der Waals surface area contributed by atoms with Gasteiger partial charge in [0.2, 0.25) is 5.78 Å². The Balaban J connectivity index is 2.16. The number of carboxylic acid groups (broad SMARTS) is 1. The van der Waals surface area contributed by atoms with Gasteiger partial charge >= 0.3 is 5.97 Å². The fourth-order valence-electron chi connectivity index (χ4n) is 4.49. The smallest absolute Gasteiger partial charge is 0.354 e. The van der Waals surface area contributed by atoms with Crippen LogP contribution >= 0.6 is 0 Å². The van der Waals surface area contributed by atoms with Gasteiger partial charge in [-0.05, 0) is 18.8 Å². The minimum Gasteiger partial charge on any atom is -0.477 e. The Morgan fingerprint density at radius 3 is 2.82 bits per heavy atom. The van der Waals surface area contributed by atoms with E-state index in [-0.39, 0.29) is 23.3 Å². The summed E-state index contributed by atoms with van der Waals surface area (Å²) in [7, 11) is 1.64. The normalized spacial score (nSPS) is 33.7. The van der Waals surface area contributed by atoms with Crippen LogP contribution < -0.4 is 0 Å². The summed E-state index contributed by atoms with van der Waals surface area (Å²) < 4.78 is 1.43. The fraction of sp³-hybridized carbons (Fsp3) is 0.625. The van der Waals surface area contributed by atoms with E-state index < -0.39 is 17.4 Å². The second-order valence-electron chi connectivity index (χ2n) is 6.71. The Hall–Kier alpha value is -2.16. The van der Waals surface area contributed by atoms with Gasteiger partial charge in [-0.25, -0.2) is 11.4 Å². The van der Waals surface area contributed by atoms with E-state index in [1.54, 1.807) is 7.05 Å². The molecular formula is C16H19N3O3. The molecular weight excluding hydrogens is 282 g/mol. The molecule has 1 saturated carbocycles. The zero-order chi connectivity index (χ0) is 16.2. The van der Waals surface area contributed by atoms with Gasteiger partial charge in [-0.2, -0.15) is 5.10 Å². The lowest BCUT2D eigenvalue weighted by Crippen LogP contribution is -2.51. The lowest BCUT2D eigenvalue weighted by molar-refractivity contribution is -0.129. The van der Waals surface area contributed by atoms with Crippen molar-refractivity contribution in [1.29, 1.82) is 0 Å². The van der Waals surface area contributed by atoms with Gasteiger partial charge in [-0.15, -0.1) is 0 Å². The Morgan fingerprint density at radius 2 is 2.23 bits per heavy atom. The average molecular weight is 301 g/mol. The van der Waals surface area contributed by atoms with Crippen molar-refractivity contribution in [3.8, 4) is 0 Å². The van der Waals surface area contributed by atoms with E-state index in [1.807, 2.05) is 13.8 Å². The van der Waals surface area contributed by atoms with Gasteiger partial charge in [0.05, 0.1) is 5.69 Å². The number of Topliss-reactive ketones (excluding diaryl/α,β-unsaturated/α-hetero) is 1. The van der Waals surface area contributed by atoms with Gasteiger partial charge in [0.25, 0.3) is 6.04 Å². The molecule has 1 heterocycles. The first-order valence-corrected chi connectivity index (χ1v) is 7.51. The molecule has 0 bridgehead atoms. The van der Waals surface area contributed by atoms with E-state index in [4.69, 9.17) is 6.57 Å². The molecule has 0 saturated heterocycles. The molecule has 1 aromatic rings. The van der Waals surface area contributed by atoms with Gasteiger partial charge in [0.15, 0.2) is 0 Å². The number of carbonyl (C=O) groups excluding carboxylic acids is 1. The number of carbonyl (C=O) groups is 2. The molecule has 116 valence electrons. The largest absolute Gasteiger partial charge is 0.477 e. The van der Waals surface area contributed by atoms with Gasteiger partial charge < -0.3 is 9.95 Å². The second-order valence-corrected chi connectivity index (χ2v) is 6.71. The number of aryl methyl sites for hydroxylation is 1. The Labute approximate surface area is 128 Å². The number of rotatable bonds is 1. The molecule has 0 spiro atoms. The summed E-state index contributed by atoms with van der Waals surface area (Å²) in [6.45, 7) is 11.2. The monoisotopic (exact) mass is 301 g/mol. The van der Waals surface area contributed by atoms with Crippen molar-refractivity contribution in [2.75, 3.05) is 0 Å². The summed E-state index contributed by atoms with van der Waals surface area (Å²) in [4.78, 5) is 27.3. The molecule has 1 unspecified atom stereocenters. The van der Waals surface area contributed by atoms with Crippen LogP contribution in [0.25, 0.3) is 4.85 Å². The van der Waals surface area contributed by atoms with E-state index in [9.17, 15) is 14.7 Å². The molecule has 6 heteroatoms. The summed E-state index contributed by atoms with van der Waals surface area (Å²) >= 11 is 0. The number of carboxylic acids is 1. The van der Waals surface area contributed by atoms with Crippen molar-refractivity contribution in [1.82, 2.24) is 9.78 Å². The van der Waals surface area contributed by atoms with Gasteiger partial charge in [-0.1, -0.05) is 13.8 Å². The molecule has 4 atom stereocenters. The number of nitrogens with zero attached hydrogens (tertiary/aromatic N) is 3. The number of hydrogen-bond acceptors (Lipinski definition) is 3. The van der Waals surface area contributed by atoms with Crippen LogP contribution in [0.15, 0.2) is 0 Å². The minimum absolute atomic E-state index is 0.0234. The summed E-state index contributed by atoms with van der Waals surface area (Å²) in [5.41, 5.74) is 1.39. The maximum absolute atomic E-state index is 12.3. The SMILES string of the molecule is [C-]#[N+]C1C[C@]2(C)c3nn(C)c(C(=O)O)c3CC[C@H]2[C@H](C)C1=O. The van der Waals surface area contributed by atoms with E-state index in [1.165, 1.54) is 4.68 Å². The van der Waals surface area contributed by atoms with Gasteiger partial charge in [0.1, 0.15) is 5.69 Å². The Bertz CT molecular complexity index is 715. The average Bonchev–Trinajstić information content (AvgIpc) is 2.80. The molecule has 0 amide bonds. The van der Waals surface area contributed by atoms with Crippen LogP contribution in [-0.2, 0) is 23.7 Å². The topological polar surface area (TPSA) is 76.6 Å². The molecule has 2 aliphatic carbocycles. The van der Waals surface area contributed by atoms with Crippen molar-refractivity contribution in [2.45, 2.75) is 44.6 Å². The van der Waals surface area contributed by atoms with Crippen LogP contribution in [0.2, 0.25) is 0 Å². The van der Waals surface area contributed by atoms with Crippen LogP contribution in [0, 0.1) is 18.4 Å². The first kappa shape index (κ1) is 14.8. The van der Waals surface area contributed by atoms with E-state index in [2.05, 4.69) is 9.94 Å². The second kappa shape index (κ2) is 4.67. The summed E-state index contributed by atoms with van der Waals surface area (Å²) in [5, 5.41) is 13.9. The quantitative estimate of drug-likeness (QED) is 0.803. The standard InChI is InChI=1S/C16H19N3O3/c1-8-10-6-5-9-12(15(21)22)19(4)18-14(9)16(10,2)7-11(17-3)13(8)20/h8,10-11H,5-7H2,1-2,4H3,(H,21,22)/t8-,10-,11?,16-/m0/s1. The van der Waals surface area contributed by atoms with Crippen LogP contribution in [0.4, 0.5) is 0 Å². The predicted octanol–water partition coefficient (Wildman–Crippen LogP) is 1.84. The van der Waals surface area contributed by atoms with E-state index in [0.29, 0.717) is 12.8 Å². The third kappa shape index (κ3) is 1.75. The predicted molar refractivity (Wildman–Crippen MR) is 78.5 cm³/mol. The highest BCUT2D eigenvalue weighted by Crippen LogP contribution is 2.51. The number of ketones is 1. The maximum Gasteiger partial charge on any atom is 0.354 e. The highest BCUT2D eigenvalue weighted by atomic mass is 16.4. The van der Waals surface area contributed by atoms with Crippen LogP contribution in [0.5, 0.6) is 0 Å². The molecule has 0 aromatic carbocycles. The maximum atomic E-state index is 12.3. The molecule has 0 aliphatic heterocycles. The summed E-state index contributed by atoms with van der Waals surface area (Å²) in [6.07, 6.45) is 1.84. The van der Waals surface area contributed by atoms with Crippen LogP contribution in [0.3, 0.4) is 0 Å². The van der Waals surface area contributed by atoms with Crippen molar-refractivity contribution >= 4 is 11.8 Å². The summed E-state index contributed by atoms with van der Waals surface area (Å²) in [5.74, 6) is -1.00. The summed E-state index contributed by atoms with van der Waals surface area (Å²) in [6, 6.07) is -0.641. The van der Waals surface area contributed by atoms with E-state index >= 15 is 0 Å². The molecule has 6 nitrogen and oxygen atoms in total. The third-order valence-corrected chi connectivity index (χ3v) is 5.57. The highest BCUT2D eigenvalue weighted by Gasteiger charge is 2.56. The minimum atomic E-state index is -0.972. The van der Waals surface area contributed by atoms with Gasteiger partial charge in [-0.3, -0.25) is 9.48 Å². The molecule has 1 fully saturated rings. The highest BCUT2D eigenvalue weighted by molar-refractivity contribution is 5.90. The van der Waals surface area contributed by atoms with Crippen molar-refractivity contribution in [3.63, 3.8) is 0 Å². The molecule has 2 aliphatic rings. The molecule has 22 heavy (non-hydrogen) atoms. The van der Waals surface area contributed by atoms with Gasteiger partial charge in [0, 0.05) is 30.4 Å². The fourth-order valence-corrected chi connectivity index (χ4v) is 4.49. The molecule has 3 rings (SSSR count). The third-order valence-electron chi connectivity index (χ3n) is 5.57. The van der Waals surface area contributed by atoms with Crippen molar-refractivity contribution < 1.29 is 14.7 Å². The number of aromatic nitrogens is 2. The van der Waals surface area contributed by atoms with Crippen LogP contribution in [-0.4, -0.2) is 32.7 Å². The Morgan fingerprint density at radius 1 is 1.55 bits per heavy atom. The zero-order valence-corrected chi connectivity index (χ0v) is 13.0. The first-order valence-electron chi connectivity index (χ1n) is 7.51. The van der Waals surface area contributed by atoms with Crippen molar-refractivity contribution in [2.24, 2.45) is 18.9 Å². The zero-order valence-electron chi connectivity index (χ0n) is 13.0. The molecule has 1 N–H and O–H groups in total. The van der Waals surface area contributed by atoms with E-state index in [0.717, 1.165) is 17.7 Å². The molecule has 0 radical (unpaired) electrons. The van der Waals surface area contributed by atoms with Crippen LogP contribution in [0.1, 0.15) is 48.4 Å². The first-order chi connectivity index (χ1) is 10.3. The lowest BCUT2D eigenvalue weighted by atomic mass is 9.55. The number of fused-ring (bicyclic) bond motifs is 3. The lowest BCUT2D eigenvalue weighted by Gasteiger charge is -2.46. The molecule has 1 aromatic heterocycles. The Kier molecular flexibility index (Phi) is 3.13. The number of hydrogen-bond donors (Lipinski definition) is 1.